The Bertz CT molecular complexity index is 964. The summed E-state index contributed by atoms with van der Waals surface area (Å²) in [5.41, 5.74) is 3.29. The normalized spacial score (nSPS) is 13.0. The second kappa shape index (κ2) is 6.71. The van der Waals surface area contributed by atoms with E-state index in [0.717, 1.165) is 28.4 Å². The van der Waals surface area contributed by atoms with E-state index >= 15 is 0 Å². The molecule has 1 aromatic carbocycles. The van der Waals surface area contributed by atoms with Crippen LogP contribution >= 0.6 is 0 Å². The summed E-state index contributed by atoms with van der Waals surface area (Å²) in [7, 11) is 0. The van der Waals surface area contributed by atoms with E-state index in [2.05, 4.69) is 4.98 Å². The Labute approximate surface area is 152 Å². The van der Waals surface area contributed by atoms with Gasteiger partial charge in [0.2, 0.25) is 0 Å². The molecule has 134 valence electrons. The fourth-order valence-electron chi connectivity index (χ4n) is 3.15. The van der Waals surface area contributed by atoms with Crippen molar-refractivity contribution in [1.29, 1.82) is 0 Å². The molecule has 0 unspecified atom stereocenters. The molecule has 0 N–H and O–H groups in total. The van der Waals surface area contributed by atoms with Crippen LogP contribution in [0.15, 0.2) is 42.6 Å². The van der Waals surface area contributed by atoms with E-state index in [1.54, 1.807) is 11.1 Å². The molecule has 6 heteroatoms. The molecule has 0 saturated heterocycles. The van der Waals surface area contributed by atoms with Gasteiger partial charge in [-0.05, 0) is 43.7 Å². The van der Waals surface area contributed by atoms with Crippen molar-refractivity contribution >= 4 is 11.6 Å². The van der Waals surface area contributed by atoms with Gasteiger partial charge >= 0.3 is 0 Å². The molecule has 0 fully saturated rings. The highest BCUT2D eigenvalue weighted by Gasteiger charge is 2.19. The minimum atomic E-state index is -0.0783. The van der Waals surface area contributed by atoms with Crippen LogP contribution in [0.5, 0.6) is 11.5 Å². The molecule has 3 heterocycles. The van der Waals surface area contributed by atoms with Crippen LogP contribution in [-0.4, -0.2) is 40.0 Å². The average molecular weight is 351 g/mol. The third-order valence-corrected chi connectivity index (χ3v) is 4.56. The summed E-state index contributed by atoms with van der Waals surface area (Å²) >= 11 is 0. The Kier molecular flexibility index (Phi) is 4.24. The number of hydrogen-bond donors (Lipinski definition) is 0. The molecule has 1 amide bonds. The maximum Gasteiger partial charge on any atom is 0.274 e. The number of benzene rings is 1. The first-order valence-corrected chi connectivity index (χ1v) is 8.78. The topological polar surface area (TPSA) is 56.1 Å². The Morgan fingerprint density at radius 2 is 2.00 bits per heavy atom. The van der Waals surface area contributed by atoms with Crippen molar-refractivity contribution in [2.45, 2.75) is 20.4 Å². The van der Waals surface area contributed by atoms with E-state index < -0.39 is 0 Å². The Balaban J connectivity index is 1.58. The van der Waals surface area contributed by atoms with Crippen molar-refractivity contribution in [1.82, 2.24) is 14.3 Å². The Morgan fingerprint density at radius 3 is 2.77 bits per heavy atom. The zero-order chi connectivity index (χ0) is 18.1. The van der Waals surface area contributed by atoms with E-state index in [1.165, 1.54) is 0 Å². The lowest BCUT2D eigenvalue weighted by atomic mass is 10.1. The van der Waals surface area contributed by atoms with Crippen LogP contribution in [0, 0.1) is 6.92 Å². The maximum atomic E-state index is 12.9. The number of pyridine rings is 1. The molecule has 1 aliphatic rings. The molecule has 0 spiro atoms. The predicted octanol–water partition coefficient (Wildman–Crippen LogP) is 3.08. The first kappa shape index (κ1) is 16.4. The maximum absolute atomic E-state index is 12.9. The summed E-state index contributed by atoms with van der Waals surface area (Å²) in [5.74, 6) is 1.41. The molecule has 2 aromatic heterocycles. The second-order valence-corrected chi connectivity index (χ2v) is 6.32. The van der Waals surface area contributed by atoms with Crippen LogP contribution in [0.25, 0.3) is 5.65 Å². The van der Waals surface area contributed by atoms with Crippen molar-refractivity contribution in [2.75, 3.05) is 19.8 Å². The van der Waals surface area contributed by atoms with Gasteiger partial charge in [-0.1, -0.05) is 12.1 Å². The van der Waals surface area contributed by atoms with Crippen LogP contribution < -0.4 is 9.47 Å². The smallest absolute Gasteiger partial charge is 0.274 e. The molecule has 4 rings (SSSR count). The monoisotopic (exact) mass is 351 g/mol. The summed E-state index contributed by atoms with van der Waals surface area (Å²) in [6.45, 7) is 6.18. The van der Waals surface area contributed by atoms with Gasteiger partial charge in [-0.2, -0.15) is 0 Å². The quantitative estimate of drug-likeness (QED) is 0.725. The van der Waals surface area contributed by atoms with Gasteiger partial charge in [0, 0.05) is 25.0 Å². The summed E-state index contributed by atoms with van der Waals surface area (Å²) in [5, 5.41) is 0. The number of rotatable bonds is 4. The number of carbonyl (C=O) groups excluding carboxylic acids is 1. The summed E-state index contributed by atoms with van der Waals surface area (Å²) in [6.07, 6.45) is 1.81. The third-order valence-electron chi connectivity index (χ3n) is 4.56. The van der Waals surface area contributed by atoms with E-state index in [0.29, 0.717) is 32.0 Å². The van der Waals surface area contributed by atoms with E-state index in [4.69, 9.17) is 9.47 Å². The van der Waals surface area contributed by atoms with E-state index in [-0.39, 0.29) is 5.91 Å². The lowest BCUT2D eigenvalue weighted by Crippen LogP contribution is -2.30. The van der Waals surface area contributed by atoms with Gasteiger partial charge in [0.25, 0.3) is 5.91 Å². The number of aromatic nitrogens is 2. The van der Waals surface area contributed by atoms with Crippen molar-refractivity contribution < 1.29 is 14.3 Å². The standard InChI is InChI=1S/C20H21N3O3/c1-3-22(12-15-7-8-17-18(11-15)26-10-9-25-17)20(24)16-13-23-14(2)5-4-6-19(23)21-16/h4-8,11,13H,3,9-10,12H2,1-2H3. The molecule has 0 saturated carbocycles. The predicted molar refractivity (Wildman–Crippen MR) is 97.8 cm³/mol. The van der Waals surface area contributed by atoms with E-state index in [9.17, 15) is 4.79 Å². The minimum Gasteiger partial charge on any atom is -0.486 e. The third kappa shape index (κ3) is 2.98. The zero-order valence-electron chi connectivity index (χ0n) is 14.9. The van der Waals surface area contributed by atoms with Gasteiger partial charge in [-0.3, -0.25) is 4.79 Å². The molecule has 3 aromatic rings. The first-order valence-electron chi connectivity index (χ1n) is 8.78. The largest absolute Gasteiger partial charge is 0.486 e. The van der Waals surface area contributed by atoms with Gasteiger partial charge in [0.15, 0.2) is 11.5 Å². The molecule has 0 radical (unpaired) electrons. The number of carbonyl (C=O) groups is 1. The number of nitrogens with zero attached hydrogens (tertiary/aromatic N) is 3. The van der Waals surface area contributed by atoms with Gasteiger partial charge in [0.05, 0.1) is 0 Å². The molecule has 0 aliphatic carbocycles. The van der Waals surface area contributed by atoms with E-state index in [1.807, 2.05) is 54.6 Å². The summed E-state index contributed by atoms with van der Waals surface area (Å²) in [6, 6.07) is 11.7. The number of aryl methyl sites for hydroxylation is 1. The number of amides is 1. The van der Waals surface area contributed by atoms with Crippen molar-refractivity contribution in [3.05, 3.63) is 59.5 Å². The molecular formula is C20H21N3O3. The molecule has 0 atom stereocenters. The summed E-state index contributed by atoms with van der Waals surface area (Å²) in [4.78, 5) is 19.2. The number of ether oxygens (including phenoxy) is 2. The van der Waals surface area contributed by atoms with Crippen LogP contribution in [0.4, 0.5) is 0 Å². The number of imidazole rings is 1. The molecule has 1 aliphatic heterocycles. The Hall–Kier alpha value is -3.02. The lowest BCUT2D eigenvalue weighted by molar-refractivity contribution is 0.0747. The number of hydrogen-bond acceptors (Lipinski definition) is 4. The van der Waals surface area contributed by atoms with Gasteiger partial charge in [-0.25, -0.2) is 4.98 Å². The van der Waals surface area contributed by atoms with Crippen LogP contribution in [-0.2, 0) is 6.54 Å². The molecule has 6 nitrogen and oxygen atoms in total. The van der Waals surface area contributed by atoms with Gasteiger partial charge in [-0.15, -0.1) is 0 Å². The van der Waals surface area contributed by atoms with Crippen molar-refractivity contribution in [3.8, 4) is 11.5 Å². The fraction of sp³-hybridized carbons (Fsp3) is 0.300. The van der Waals surface area contributed by atoms with Gasteiger partial charge < -0.3 is 18.8 Å². The summed E-state index contributed by atoms with van der Waals surface area (Å²) < 4.78 is 13.1. The Morgan fingerprint density at radius 1 is 1.19 bits per heavy atom. The SMILES string of the molecule is CCN(Cc1ccc2c(c1)OCCO2)C(=O)c1cn2c(C)cccc2n1. The highest BCUT2D eigenvalue weighted by atomic mass is 16.6. The molecular weight excluding hydrogens is 330 g/mol. The number of fused-ring (bicyclic) bond motifs is 2. The highest BCUT2D eigenvalue weighted by molar-refractivity contribution is 5.93. The average Bonchev–Trinajstić information content (AvgIpc) is 3.11. The fourth-order valence-corrected chi connectivity index (χ4v) is 3.15. The lowest BCUT2D eigenvalue weighted by Gasteiger charge is -2.22. The highest BCUT2D eigenvalue weighted by Crippen LogP contribution is 2.31. The van der Waals surface area contributed by atoms with Crippen LogP contribution in [0.2, 0.25) is 0 Å². The van der Waals surface area contributed by atoms with Crippen LogP contribution in [0.1, 0.15) is 28.7 Å². The molecule has 26 heavy (non-hydrogen) atoms. The minimum absolute atomic E-state index is 0.0783. The zero-order valence-corrected chi connectivity index (χ0v) is 14.9. The van der Waals surface area contributed by atoms with Crippen molar-refractivity contribution in [2.24, 2.45) is 0 Å². The molecule has 0 bridgehead atoms. The second-order valence-electron chi connectivity index (χ2n) is 6.32. The first-order chi connectivity index (χ1) is 12.7. The van der Waals surface area contributed by atoms with Crippen molar-refractivity contribution in [3.63, 3.8) is 0 Å². The van der Waals surface area contributed by atoms with Gasteiger partial charge in [0.1, 0.15) is 24.6 Å². The van der Waals surface area contributed by atoms with Crippen LogP contribution in [0.3, 0.4) is 0 Å².